The van der Waals surface area contributed by atoms with Gasteiger partial charge in [0.05, 0.1) is 10.6 Å². The van der Waals surface area contributed by atoms with E-state index in [2.05, 4.69) is 26.3 Å². The molecule has 48 heavy (non-hydrogen) atoms. The van der Waals surface area contributed by atoms with E-state index < -0.39 is 39.8 Å². The molecule has 0 radical (unpaired) electrons. The Hall–Kier alpha value is -5.25. The van der Waals surface area contributed by atoms with Crippen LogP contribution in [0.5, 0.6) is 0 Å². The van der Waals surface area contributed by atoms with Gasteiger partial charge in [-0.25, -0.2) is 14.6 Å². The maximum Gasteiger partial charge on any atom is 0.411 e. The van der Waals surface area contributed by atoms with Gasteiger partial charge in [-0.15, -0.1) is 0 Å². The summed E-state index contributed by atoms with van der Waals surface area (Å²) < 4.78 is 0. The van der Waals surface area contributed by atoms with Gasteiger partial charge in [-0.2, -0.15) is 0 Å². The number of hydrogen-bond acceptors (Lipinski definition) is 9. The van der Waals surface area contributed by atoms with Crippen LogP contribution in [0.3, 0.4) is 0 Å². The van der Waals surface area contributed by atoms with Gasteiger partial charge in [0.2, 0.25) is 11.7 Å². The first-order chi connectivity index (χ1) is 22.2. The molecule has 1 aromatic heterocycles. The van der Waals surface area contributed by atoms with Gasteiger partial charge in [0.25, 0.3) is 11.6 Å². The molecule has 0 saturated heterocycles. The highest BCUT2D eigenvalue weighted by atomic mass is 32.1. The zero-order chi connectivity index (χ0) is 36.0. The summed E-state index contributed by atoms with van der Waals surface area (Å²) in [7, 11) is 0. The summed E-state index contributed by atoms with van der Waals surface area (Å²) in [6.07, 6.45) is -1.93. The minimum atomic E-state index is -1.76. The van der Waals surface area contributed by atoms with Crippen LogP contribution in [0.25, 0.3) is 0 Å². The molecule has 6 N–H and O–H groups in total. The number of carbonyl (C=O) groups is 4. The summed E-state index contributed by atoms with van der Waals surface area (Å²) in [5, 5.41) is 42.2. The number of carboxylic acid groups (broad SMARTS) is 2. The minimum Gasteiger partial charge on any atom is -0.465 e. The number of nitrogens with zero attached hydrogens (tertiary/aromatic N) is 3. The van der Waals surface area contributed by atoms with E-state index in [1.165, 1.54) is 19.1 Å². The van der Waals surface area contributed by atoms with Crippen molar-refractivity contribution >= 4 is 51.8 Å². The van der Waals surface area contributed by atoms with E-state index in [0.717, 1.165) is 21.8 Å². The van der Waals surface area contributed by atoms with E-state index in [9.17, 15) is 39.5 Å². The molecule has 3 rings (SSSR count). The number of thiazole rings is 1. The van der Waals surface area contributed by atoms with Crippen LogP contribution < -0.4 is 21.3 Å². The van der Waals surface area contributed by atoms with Gasteiger partial charge in [-0.3, -0.25) is 29.9 Å². The molecule has 1 atom stereocenters. The number of hydrogen-bond donors (Lipinski definition) is 6. The molecule has 0 aliphatic rings. The highest BCUT2D eigenvalue weighted by Gasteiger charge is 2.54. The first kappa shape index (κ1) is 37.2. The number of benzene rings is 2. The second-order valence-electron chi connectivity index (χ2n) is 13.1. The van der Waals surface area contributed by atoms with Crippen molar-refractivity contribution in [3.63, 3.8) is 0 Å². The molecular weight excluding hydrogens is 642 g/mol. The normalized spacial score (nSPS) is 12.7. The molecule has 0 bridgehead atoms. The van der Waals surface area contributed by atoms with Crippen molar-refractivity contribution in [1.82, 2.24) is 20.5 Å². The van der Waals surface area contributed by atoms with Gasteiger partial charge in [0, 0.05) is 42.2 Å². The van der Waals surface area contributed by atoms with Gasteiger partial charge in [-0.05, 0) is 56.9 Å². The molecule has 0 fully saturated rings. The lowest BCUT2D eigenvalue weighted by Gasteiger charge is -2.55. The Morgan fingerprint density at radius 3 is 1.98 bits per heavy atom. The van der Waals surface area contributed by atoms with Crippen LogP contribution in [0, 0.1) is 15.5 Å². The van der Waals surface area contributed by atoms with Gasteiger partial charge in [0.1, 0.15) is 4.88 Å². The lowest BCUT2D eigenvalue weighted by Crippen LogP contribution is -2.76. The Morgan fingerprint density at radius 2 is 1.50 bits per heavy atom. The number of aromatic nitrogens is 1. The molecule has 15 nitrogen and oxygen atoms in total. The Morgan fingerprint density at radius 1 is 0.917 bits per heavy atom. The monoisotopic (exact) mass is 683 g/mol. The van der Waals surface area contributed by atoms with Crippen molar-refractivity contribution < 1.29 is 34.3 Å². The third-order valence-corrected chi connectivity index (χ3v) is 8.30. The fourth-order valence-electron chi connectivity index (χ4n) is 5.07. The lowest BCUT2D eigenvalue weighted by molar-refractivity contribution is -0.384. The number of aryl methyl sites for hydroxylation is 2. The van der Waals surface area contributed by atoms with Crippen LogP contribution in [0.1, 0.15) is 75.0 Å². The van der Waals surface area contributed by atoms with Crippen molar-refractivity contribution in [3.05, 3.63) is 80.3 Å². The minimum absolute atomic E-state index is 0.0591. The lowest BCUT2D eigenvalue weighted by atomic mass is 9.82. The smallest absolute Gasteiger partial charge is 0.411 e. The van der Waals surface area contributed by atoms with Crippen molar-refractivity contribution in [1.29, 1.82) is 0 Å². The number of anilines is 2. The Kier molecular flexibility index (Phi) is 11.4. The standard InChI is InChI=1S/C32H41N7O8S/c1-19(40)34-27-35-24(25(48-27)26(41)33-18-21-10-15-23(16-11-21)39(46)47)17-12-20-8-13-22(14-9-20)36-32(30(2,3)4,37-28(42)43)38(29(44)45)31(5,6)7/h8-11,13-16,36-37H,12,17-18H2,1-7H3,(H,33,41)(H,42,43)(H,44,45)(H,34,35,40). The Balaban J connectivity index is 1.83. The van der Waals surface area contributed by atoms with Crippen molar-refractivity contribution in [2.45, 2.75) is 79.2 Å². The average molecular weight is 684 g/mol. The van der Waals surface area contributed by atoms with Crippen LogP contribution in [-0.4, -0.2) is 60.3 Å². The highest BCUT2D eigenvalue weighted by molar-refractivity contribution is 7.17. The maximum atomic E-state index is 13.2. The molecule has 0 spiro atoms. The summed E-state index contributed by atoms with van der Waals surface area (Å²) in [5.41, 5.74) is 0.434. The van der Waals surface area contributed by atoms with E-state index in [-0.39, 0.29) is 23.3 Å². The van der Waals surface area contributed by atoms with Crippen LogP contribution >= 0.6 is 11.3 Å². The SMILES string of the molecule is CC(=O)Nc1nc(CCc2ccc(NC(NC(=O)O)(N(C(=O)O)C(C)(C)C)C(C)(C)C)cc2)c(C(=O)NCc2ccc([N+](=O)[O-])cc2)s1. The Labute approximate surface area is 281 Å². The number of nitro benzene ring substituents is 1. The van der Waals surface area contributed by atoms with Crippen LogP contribution in [0.15, 0.2) is 48.5 Å². The second-order valence-corrected chi connectivity index (χ2v) is 14.1. The summed E-state index contributed by atoms with van der Waals surface area (Å²) in [5.74, 6) is -2.52. The van der Waals surface area contributed by atoms with E-state index in [4.69, 9.17) is 0 Å². The number of amides is 4. The van der Waals surface area contributed by atoms with E-state index in [1.54, 1.807) is 77.9 Å². The largest absolute Gasteiger partial charge is 0.465 e. The molecular formula is C32H41N7O8S. The van der Waals surface area contributed by atoms with Crippen LogP contribution in [0.4, 0.5) is 26.1 Å². The molecule has 1 heterocycles. The van der Waals surface area contributed by atoms with Crippen molar-refractivity contribution in [3.8, 4) is 0 Å². The molecule has 1 unspecified atom stereocenters. The second kappa shape index (κ2) is 14.7. The van der Waals surface area contributed by atoms with Crippen LogP contribution in [-0.2, 0) is 24.2 Å². The summed E-state index contributed by atoms with van der Waals surface area (Å²) in [4.78, 5) is 65.7. The first-order valence-electron chi connectivity index (χ1n) is 14.9. The number of nitro groups is 1. The third-order valence-electron chi connectivity index (χ3n) is 7.29. The highest BCUT2D eigenvalue weighted by Crippen LogP contribution is 2.39. The zero-order valence-corrected chi connectivity index (χ0v) is 28.7. The quantitative estimate of drug-likeness (QED) is 0.0756. The van der Waals surface area contributed by atoms with Gasteiger partial charge in [-0.1, -0.05) is 56.4 Å². The topological polar surface area (TPSA) is 216 Å². The Bertz CT molecular complexity index is 1660. The molecule has 4 amide bonds. The fraction of sp³-hybridized carbons (Fsp3) is 0.406. The first-order valence-corrected chi connectivity index (χ1v) is 15.8. The summed E-state index contributed by atoms with van der Waals surface area (Å²) in [6.45, 7) is 11.7. The molecule has 2 aromatic carbocycles. The predicted octanol–water partition coefficient (Wildman–Crippen LogP) is 5.88. The number of non-ortho nitro benzene ring substituents is 1. The molecule has 258 valence electrons. The van der Waals surface area contributed by atoms with E-state index >= 15 is 0 Å². The maximum absolute atomic E-state index is 13.2. The van der Waals surface area contributed by atoms with Crippen molar-refractivity contribution in [2.75, 3.05) is 10.6 Å². The molecule has 0 saturated carbocycles. The van der Waals surface area contributed by atoms with E-state index in [0.29, 0.717) is 34.7 Å². The van der Waals surface area contributed by atoms with E-state index in [1.807, 2.05) is 0 Å². The van der Waals surface area contributed by atoms with Gasteiger partial charge < -0.3 is 26.2 Å². The number of carbonyl (C=O) groups excluding carboxylic acids is 2. The summed E-state index contributed by atoms with van der Waals surface area (Å²) >= 11 is 1.03. The third kappa shape index (κ3) is 9.18. The van der Waals surface area contributed by atoms with Crippen molar-refractivity contribution in [2.24, 2.45) is 5.41 Å². The number of rotatable bonds is 12. The molecule has 0 aliphatic carbocycles. The number of nitrogens with one attached hydrogen (secondary N) is 4. The molecule has 16 heteroatoms. The molecule has 0 aliphatic heterocycles. The molecule has 3 aromatic rings. The average Bonchev–Trinajstić information content (AvgIpc) is 3.35. The predicted molar refractivity (Wildman–Crippen MR) is 181 cm³/mol. The van der Waals surface area contributed by atoms with Crippen LogP contribution in [0.2, 0.25) is 0 Å². The fourth-order valence-corrected chi connectivity index (χ4v) is 6.04. The van der Waals surface area contributed by atoms with Gasteiger partial charge >= 0.3 is 12.2 Å². The zero-order valence-electron chi connectivity index (χ0n) is 27.8. The summed E-state index contributed by atoms with van der Waals surface area (Å²) in [6, 6.07) is 12.8. The van der Waals surface area contributed by atoms with Gasteiger partial charge in [0.15, 0.2) is 5.13 Å².